The smallest absolute Gasteiger partial charge is 0.305 e. The fraction of sp³-hybridized carbons (Fsp3) is 0.864. The SMILES string of the molecule is CCCCC/C=C\C/C=C\CCCCCCCC(=O)OCCCCCCCCCCCCC(=O)NC(CO)C(O)/C=C/CCCCCCCCCCCCCCCCCCCCCCC. The van der Waals surface area contributed by atoms with E-state index in [9.17, 15) is 19.8 Å². The molecule has 0 heterocycles. The van der Waals surface area contributed by atoms with E-state index in [1.54, 1.807) is 6.08 Å². The Hall–Kier alpha value is -1.92. The summed E-state index contributed by atoms with van der Waals surface area (Å²) >= 11 is 0. The third-order valence-electron chi connectivity index (χ3n) is 13.2. The van der Waals surface area contributed by atoms with Crippen molar-refractivity contribution in [2.75, 3.05) is 13.2 Å². The second-order valence-corrected chi connectivity index (χ2v) is 19.6. The van der Waals surface area contributed by atoms with Crippen molar-refractivity contribution in [1.82, 2.24) is 5.32 Å². The maximum Gasteiger partial charge on any atom is 0.305 e. The van der Waals surface area contributed by atoms with E-state index in [1.807, 2.05) is 6.08 Å². The summed E-state index contributed by atoms with van der Waals surface area (Å²) in [5.74, 6) is -0.124. The first-order valence-electron chi connectivity index (χ1n) is 28.8. The quantitative estimate of drug-likeness (QED) is 0.0321. The molecule has 0 saturated heterocycles. The Morgan fingerprint density at radius 2 is 0.769 bits per heavy atom. The summed E-state index contributed by atoms with van der Waals surface area (Å²) < 4.78 is 5.45. The molecule has 0 saturated carbocycles. The average Bonchev–Trinajstić information content (AvgIpc) is 3.31. The predicted molar refractivity (Wildman–Crippen MR) is 283 cm³/mol. The predicted octanol–water partition coefficient (Wildman–Crippen LogP) is 17.6. The molecule has 0 rings (SSSR count). The van der Waals surface area contributed by atoms with Crippen molar-refractivity contribution in [2.24, 2.45) is 0 Å². The molecule has 0 aliphatic rings. The molecule has 2 unspecified atom stereocenters. The van der Waals surface area contributed by atoms with Gasteiger partial charge in [-0.15, -0.1) is 0 Å². The van der Waals surface area contributed by atoms with Crippen LogP contribution in [0.1, 0.15) is 303 Å². The summed E-state index contributed by atoms with van der Waals surface area (Å²) in [5, 5.41) is 23.2. The van der Waals surface area contributed by atoms with Gasteiger partial charge in [-0.2, -0.15) is 0 Å². The van der Waals surface area contributed by atoms with Crippen LogP contribution in [0.25, 0.3) is 0 Å². The molecule has 1 amide bonds. The Balaban J connectivity index is 3.52. The van der Waals surface area contributed by atoms with Crippen molar-refractivity contribution in [1.29, 1.82) is 0 Å². The molecule has 0 aliphatic heterocycles. The molecule has 2 atom stereocenters. The number of aliphatic hydroxyl groups is 2. The van der Waals surface area contributed by atoms with E-state index in [-0.39, 0.29) is 18.5 Å². The number of ether oxygens (including phenoxy) is 1. The number of carbonyl (C=O) groups excluding carboxylic acids is 2. The van der Waals surface area contributed by atoms with Gasteiger partial charge in [-0.05, 0) is 64.2 Å². The largest absolute Gasteiger partial charge is 0.466 e. The second kappa shape index (κ2) is 54.7. The lowest BCUT2D eigenvalue weighted by molar-refractivity contribution is -0.143. The summed E-state index contributed by atoms with van der Waals surface area (Å²) in [6.07, 6.45) is 67.3. The fourth-order valence-electron chi connectivity index (χ4n) is 8.72. The third kappa shape index (κ3) is 51.3. The molecule has 0 fully saturated rings. The standard InChI is InChI=1S/C59H111NO5/c1-3-5-7-9-11-13-15-17-19-20-21-22-23-24-25-26-28-29-31-35-39-43-47-51-57(62)56(55-61)60-58(63)52-48-44-40-36-33-34-38-42-46-50-54-65-59(64)53-49-45-41-37-32-30-27-18-16-14-12-10-8-6-4-2/h12,14,18,27,47,51,56-57,61-62H,3-11,13,15-17,19-26,28-46,48-50,52-55H2,1-2H3,(H,60,63)/b14-12-,27-18-,51-47+. The number of unbranched alkanes of at least 4 members (excludes halogenated alkanes) is 38. The number of esters is 1. The Morgan fingerprint density at radius 1 is 0.431 bits per heavy atom. The number of carbonyl (C=O) groups is 2. The van der Waals surface area contributed by atoms with Gasteiger partial charge in [0.15, 0.2) is 0 Å². The lowest BCUT2D eigenvalue weighted by atomic mass is 10.0. The minimum absolute atomic E-state index is 0.0345. The molecule has 0 spiro atoms. The molecule has 0 bridgehead atoms. The van der Waals surface area contributed by atoms with Gasteiger partial charge in [-0.3, -0.25) is 9.59 Å². The number of hydrogen-bond acceptors (Lipinski definition) is 5. The number of aliphatic hydroxyl groups excluding tert-OH is 2. The van der Waals surface area contributed by atoms with Crippen molar-refractivity contribution < 1.29 is 24.5 Å². The number of hydrogen-bond donors (Lipinski definition) is 3. The van der Waals surface area contributed by atoms with Gasteiger partial charge >= 0.3 is 5.97 Å². The van der Waals surface area contributed by atoms with E-state index in [4.69, 9.17) is 4.74 Å². The van der Waals surface area contributed by atoms with Gasteiger partial charge in [-0.25, -0.2) is 0 Å². The lowest BCUT2D eigenvalue weighted by Crippen LogP contribution is -2.45. The number of amides is 1. The highest BCUT2D eigenvalue weighted by Crippen LogP contribution is 2.17. The number of allylic oxidation sites excluding steroid dienone is 5. The summed E-state index contributed by atoms with van der Waals surface area (Å²) in [5.41, 5.74) is 0. The zero-order valence-corrected chi connectivity index (χ0v) is 43.5. The summed E-state index contributed by atoms with van der Waals surface area (Å²) in [6.45, 7) is 4.83. The minimum Gasteiger partial charge on any atom is -0.466 e. The van der Waals surface area contributed by atoms with Crippen molar-refractivity contribution >= 4 is 11.9 Å². The molecule has 0 aliphatic carbocycles. The number of rotatable bonds is 53. The first kappa shape index (κ1) is 63.1. The molecule has 3 N–H and O–H groups in total. The van der Waals surface area contributed by atoms with Gasteiger partial charge < -0.3 is 20.3 Å². The Kier molecular flexibility index (Phi) is 53.1. The van der Waals surface area contributed by atoms with Crippen LogP contribution in [0, 0.1) is 0 Å². The fourth-order valence-corrected chi connectivity index (χ4v) is 8.72. The van der Waals surface area contributed by atoms with E-state index < -0.39 is 12.1 Å². The topological polar surface area (TPSA) is 95.9 Å². The van der Waals surface area contributed by atoms with Crippen molar-refractivity contribution in [2.45, 2.75) is 315 Å². The van der Waals surface area contributed by atoms with Gasteiger partial charge in [0.1, 0.15) is 0 Å². The molecule has 382 valence electrons. The Labute approximate surface area is 404 Å². The molecule has 65 heavy (non-hydrogen) atoms. The summed E-state index contributed by atoms with van der Waals surface area (Å²) in [4.78, 5) is 24.5. The summed E-state index contributed by atoms with van der Waals surface area (Å²) in [6, 6.07) is -0.647. The van der Waals surface area contributed by atoms with Gasteiger partial charge in [0.25, 0.3) is 0 Å². The van der Waals surface area contributed by atoms with Gasteiger partial charge in [-0.1, -0.05) is 262 Å². The maximum atomic E-state index is 12.5. The van der Waals surface area contributed by atoms with Crippen molar-refractivity contribution in [3.63, 3.8) is 0 Å². The van der Waals surface area contributed by atoms with Crippen LogP contribution in [0.2, 0.25) is 0 Å². The Morgan fingerprint density at radius 3 is 1.20 bits per heavy atom. The highest BCUT2D eigenvalue weighted by Gasteiger charge is 2.18. The van der Waals surface area contributed by atoms with Gasteiger partial charge in [0.2, 0.25) is 5.91 Å². The zero-order valence-electron chi connectivity index (χ0n) is 43.5. The summed E-state index contributed by atoms with van der Waals surface area (Å²) in [7, 11) is 0. The van der Waals surface area contributed by atoms with Gasteiger partial charge in [0.05, 0.1) is 25.4 Å². The van der Waals surface area contributed by atoms with Crippen LogP contribution in [0.15, 0.2) is 36.5 Å². The van der Waals surface area contributed by atoms with E-state index in [0.29, 0.717) is 19.4 Å². The zero-order chi connectivity index (χ0) is 47.2. The van der Waals surface area contributed by atoms with Crippen LogP contribution in [0.5, 0.6) is 0 Å². The molecule has 0 radical (unpaired) electrons. The third-order valence-corrected chi connectivity index (χ3v) is 13.2. The molecular weight excluding hydrogens is 803 g/mol. The molecule has 6 heteroatoms. The first-order chi connectivity index (χ1) is 32.0. The molecular formula is C59H111NO5. The van der Waals surface area contributed by atoms with Crippen molar-refractivity contribution in [3.05, 3.63) is 36.5 Å². The highest BCUT2D eigenvalue weighted by atomic mass is 16.5. The van der Waals surface area contributed by atoms with Crippen LogP contribution in [0.3, 0.4) is 0 Å². The van der Waals surface area contributed by atoms with E-state index in [0.717, 1.165) is 70.6 Å². The first-order valence-corrected chi connectivity index (χ1v) is 28.8. The lowest BCUT2D eigenvalue weighted by Gasteiger charge is -2.20. The monoisotopic (exact) mass is 914 g/mol. The molecule has 0 aromatic heterocycles. The van der Waals surface area contributed by atoms with Gasteiger partial charge in [0, 0.05) is 12.8 Å². The minimum atomic E-state index is -0.861. The second-order valence-electron chi connectivity index (χ2n) is 19.6. The van der Waals surface area contributed by atoms with Crippen LogP contribution < -0.4 is 5.32 Å². The van der Waals surface area contributed by atoms with Crippen LogP contribution in [-0.2, 0) is 14.3 Å². The molecule has 6 nitrogen and oxygen atoms in total. The van der Waals surface area contributed by atoms with Crippen LogP contribution >= 0.6 is 0 Å². The average molecular weight is 915 g/mol. The van der Waals surface area contributed by atoms with Crippen LogP contribution in [-0.4, -0.2) is 47.4 Å². The Bertz CT molecular complexity index is 1060. The van der Waals surface area contributed by atoms with E-state index in [1.165, 1.54) is 205 Å². The normalized spacial score (nSPS) is 12.9. The number of nitrogens with one attached hydrogen (secondary N) is 1. The maximum absolute atomic E-state index is 12.5. The van der Waals surface area contributed by atoms with Crippen molar-refractivity contribution in [3.8, 4) is 0 Å². The van der Waals surface area contributed by atoms with E-state index >= 15 is 0 Å². The molecule has 0 aromatic rings. The highest BCUT2D eigenvalue weighted by molar-refractivity contribution is 5.76. The van der Waals surface area contributed by atoms with E-state index in [2.05, 4.69) is 43.5 Å². The molecule has 0 aromatic carbocycles. The van der Waals surface area contributed by atoms with Crippen LogP contribution in [0.4, 0.5) is 0 Å².